The number of carbonyl (C=O) groups is 3. The Morgan fingerprint density at radius 2 is 1.62 bits per heavy atom. The van der Waals surface area contributed by atoms with Gasteiger partial charge in [-0.15, -0.1) is 0 Å². The Bertz CT molecular complexity index is 1220. The number of alkyl carbamates (subject to hydrolysis) is 1. The summed E-state index contributed by atoms with van der Waals surface area (Å²) in [5.74, 6) is -0.424. The number of rotatable bonds is 16. The first-order chi connectivity index (χ1) is 19.1. The van der Waals surface area contributed by atoms with E-state index in [2.05, 4.69) is 25.4 Å². The standard InChI is InChI=1S/C27H38N4O8S/c1-19-15-22(16-20(2)25(19)40(35,36)31-23(17-28-3)26(33)37-4)38-14-8-11-24(32)29-12-13-30-27(34)39-18-21-9-6-5-7-10-21/h5-7,9-10,15-16,23,28,31H,8,11-14,17-18H2,1-4H3,(H,29,32)(H,30,34). The fourth-order valence-electron chi connectivity index (χ4n) is 3.84. The summed E-state index contributed by atoms with van der Waals surface area (Å²) in [4.78, 5) is 35.8. The lowest BCUT2D eigenvalue weighted by molar-refractivity contribution is -0.142. The molecule has 0 bridgehead atoms. The van der Waals surface area contributed by atoms with Crippen LogP contribution in [-0.2, 0) is 35.7 Å². The summed E-state index contributed by atoms with van der Waals surface area (Å²) in [5.41, 5.74) is 1.77. The Hall–Kier alpha value is -3.68. The predicted octanol–water partition coefficient (Wildman–Crippen LogP) is 1.54. The second-order valence-electron chi connectivity index (χ2n) is 8.93. The van der Waals surface area contributed by atoms with Crippen LogP contribution in [0.4, 0.5) is 4.79 Å². The molecule has 0 aromatic heterocycles. The van der Waals surface area contributed by atoms with E-state index in [9.17, 15) is 22.8 Å². The highest BCUT2D eigenvalue weighted by Crippen LogP contribution is 2.26. The first-order valence-electron chi connectivity index (χ1n) is 12.8. The number of nitrogens with one attached hydrogen (secondary N) is 4. The molecule has 2 rings (SSSR count). The summed E-state index contributed by atoms with van der Waals surface area (Å²) < 4.78 is 43.9. The number of hydrogen-bond donors (Lipinski definition) is 4. The fraction of sp³-hybridized carbons (Fsp3) is 0.444. The quantitative estimate of drug-likeness (QED) is 0.171. The molecule has 12 nitrogen and oxygen atoms in total. The van der Waals surface area contributed by atoms with E-state index in [0.29, 0.717) is 23.3 Å². The first-order valence-corrected chi connectivity index (χ1v) is 14.3. The molecule has 0 aliphatic carbocycles. The summed E-state index contributed by atoms with van der Waals surface area (Å²) in [6.07, 6.45) is 0.0868. The molecule has 0 fully saturated rings. The van der Waals surface area contributed by atoms with Crippen molar-refractivity contribution < 1.29 is 37.0 Å². The second-order valence-corrected chi connectivity index (χ2v) is 10.6. The second kappa shape index (κ2) is 16.4. The van der Waals surface area contributed by atoms with Gasteiger partial charge in [-0.25, -0.2) is 13.2 Å². The van der Waals surface area contributed by atoms with Crippen LogP contribution < -0.4 is 25.4 Å². The van der Waals surface area contributed by atoms with Gasteiger partial charge in [-0.3, -0.25) is 9.59 Å². The summed E-state index contributed by atoms with van der Waals surface area (Å²) in [5, 5.41) is 8.05. The maximum absolute atomic E-state index is 13.0. The van der Waals surface area contributed by atoms with Crippen LogP contribution in [0, 0.1) is 13.8 Å². The van der Waals surface area contributed by atoms with E-state index in [1.807, 2.05) is 30.3 Å². The summed E-state index contributed by atoms with van der Waals surface area (Å²) in [6.45, 7) is 4.24. The van der Waals surface area contributed by atoms with Crippen LogP contribution in [0.1, 0.15) is 29.5 Å². The molecule has 1 atom stereocenters. The lowest BCUT2D eigenvalue weighted by atomic mass is 10.1. The van der Waals surface area contributed by atoms with Crippen molar-refractivity contribution in [1.29, 1.82) is 0 Å². The summed E-state index contributed by atoms with van der Waals surface area (Å²) in [7, 11) is -1.23. The van der Waals surface area contributed by atoms with Crippen LogP contribution in [0.25, 0.3) is 0 Å². The summed E-state index contributed by atoms with van der Waals surface area (Å²) >= 11 is 0. The van der Waals surface area contributed by atoms with Gasteiger partial charge in [-0.05, 0) is 56.1 Å². The third kappa shape index (κ3) is 10.8. The SMILES string of the molecule is CNCC(NS(=O)(=O)c1c(C)cc(OCCCC(=O)NCCNC(=O)OCc2ccccc2)cc1C)C(=O)OC. The van der Waals surface area contributed by atoms with Crippen molar-refractivity contribution in [2.45, 2.75) is 44.2 Å². The van der Waals surface area contributed by atoms with Gasteiger partial charge in [0.15, 0.2) is 0 Å². The van der Waals surface area contributed by atoms with E-state index in [4.69, 9.17) is 9.47 Å². The third-order valence-corrected chi connectivity index (χ3v) is 7.42. The van der Waals surface area contributed by atoms with Gasteiger partial charge in [0.05, 0.1) is 18.6 Å². The van der Waals surface area contributed by atoms with E-state index in [1.165, 1.54) is 7.11 Å². The van der Waals surface area contributed by atoms with E-state index in [1.54, 1.807) is 33.0 Å². The van der Waals surface area contributed by atoms with Crippen molar-refractivity contribution in [1.82, 2.24) is 20.7 Å². The minimum atomic E-state index is -4.02. The van der Waals surface area contributed by atoms with Crippen molar-refractivity contribution in [3.05, 3.63) is 59.2 Å². The van der Waals surface area contributed by atoms with Crippen LogP contribution in [0.15, 0.2) is 47.4 Å². The molecular formula is C27H38N4O8S. The molecule has 0 aliphatic rings. The zero-order valence-corrected chi connectivity index (χ0v) is 24.1. The Balaban J connectivity index is 1.73. The number of benzene rings is 2. The molecule has 0 saturated carbocycles. The third-order valence-electron chi connectivity index (χ3n) is 5.64. The molecule has 2 aromatic rings. The van der Waals surface area contributed by atoms with Gasteiger partial charge in [-0.2, -0.15) is 4.72 Å². The van der Waals surface area contributed by atoms with E-state index >= 15 is 0 Å². The maximum atomic E-state index is 13.0. The average Bonchev–Trinajstić information content (AvgIpc) is 2.91. The van der Waals surface area contributed by atoms with Crippen molar-refractivity contribution in [2.75, 3.05) is 40.4 Å². The van der Waals surface area contributed by atoms with Gasteiger partial charge in [0, 0.05) is 26.1 Å². The predicted molar refractivity (Wildman–Crippen MR) is 148 cm³/mol. The zero-order valence-electron chi connectivity index (χ0n) is 23.2. The maximum Gasteiger partial charge on any atom is 0.407 e. The van der Waals surface area contributed by atoms with Gasteiger partial charge in [0.25, 0.3) is 0 Å². The molecule has 220 valence electrons. The van der Waals surface area contributed by atoms with E-state index < -0.39 is 28.1 Å². The molecule has 0 saturated heterocycles. The summed E-state index contributed by atoms with van der Waals surface area (Å²) in [6, 6.07) is 11.4. The normalized spacial score (nSPS) is 11.8. The van der Waals surface area contributed by atoms with Crippen molar-refractivity contribution in [3.63, 3.8) is 0 Å². The fourth-order valence-corrected chi connectivity index (χ4v) is 5.47. The molecule has 0 spiro atoms. The van der Waals surface area contributed by atoms with Crippen LogP contribution in [-0.4, -0.2) is 72.8 Å². The largest absolute Gasteiger partial charge is 0.494 e. The Morgan fingerprint density at radius 3 is 2.25 bits per heavy atom. The molecule has 1 unspecified atom stereocenters. The Labute approximate surface area is 235 Å². The molecule has 40 heavy (non-hydrogen) atoms. The number of hydrogen-bond acceptors (Lipinski definition) is 9. The molecule has 4 N–H and O–H groups in total. The topological polar surface area (TPSA) is 161 Å². The zero-order chi connectivity index (χ0) is 29.5. The van der Waals surface area contributed by atoms with Gasteiger partial charge in [0.2, 0.25) is 15.9 Å². The minimum Gasteiger partial charge on any atom is -0.494 e. The highest BCUT2D eigenvalue weighted by atomic mass is 32.2. The Morgan fingerprint density at radius 1 is 0.975 bits per heavy atom. The molecule has 0 heterocycles. The molecule has 13 heteroatoms. The molecule has 2 aromatic carbocycles. The number of ether oxygens (including phenoxy) is 3. The van der Waals surface area contributed by atoms with E-state index in [-0.39, 0.29) is 50.1 Å². The lowest BCUT2D eigenvalue weighted by Gasteiger charge is -2.19. The van der Waals surface area contributed by atoms with Crippen LogP contribution >= 0.6 is 0 Å². The molecule has 0 radical (unpaired) electrons. The van der Waals surface area contributed by atoms with Gasteiger partial charge in [-0.1, -0.05) is 30.3 Å². The average molecular weight is 579 g/mol. The van der Waals surface area contributed by atoms with Gasteiger partial charge >= 0.3 is 12.1 Å². The highest BCUT2D eigenvalue weighted by molar-refractivity contribution is 7.89. The van der Waals surface area contributed by atoms with Gasteiger partial charge < -0.3 is 30.2 Å². The molecule has 2 amide bonds. The van der Waals surface area contributed by atoms with E-state index in [0.717, 1.165) is 5.56 Å². The number of esters is 1. The van der Waals surface area contributed by atoms with Crippen LogP contribution in [0.2, 0.25) is 0 Å². The smallest absolute Gasteiger partial charge is 0.407 e. The first kappa shape index (κ1) is 32.5. The minimum absolute atomic E-state index is 0.0572. The highest BCUT2D eigenvalue weighted by Gasteiger charge is 2.28. The van der Waals surface area contributed by atoms with Crippen LogP contribution in [0.5, 0.6) is 5.75 Å². The number of likely N-dealkylation sites (N-methyl/N-ethyl adjacent to an activating group) is 1. The molecule has 0 aliphatic heterocycles. The number of aryl methyl sites for hydroxylation is 2. The number of amides is 2. The molecular weight excluding hydrogens is 540 g/mol. The van der Waals surface area contributed by atoms with Crippen LogP contribution in [0.3, 0.4) is 0 Å². The van der Waals surface area contributed by atoms with Crippen molar-refractivity contribution in [2.24, 2.45) is 0 Å². The van der Waals surface area contributed by atoms with Gasteiger partial charge in [0.1, 0.15) is 18.4 Å². The Kier molecular flexibility index (Phi) is 13.4. The number of methoxy groups -OCH3 is 1. The number of sulfonamides is 1. The monoisotopic (exact) mass is 578 g/mol. The van der Waals surface area contributed by atoms with Crippen molar-refractivity contribution in [3.8, 4) is 5.75 Å². The number of carbonyl (C=O) groups excluding carboxylic acids is 3. The lowest BCUT2D eigenvalue weighted by Crippen LogP contribution is -2.47. The van der Waals surface area contributed by atoms with Crippen molar-refractivity contribution >= 4 is 28.0 Å².